The monoisotopic (exact) mass is 366 g/mol. The first kappa shape index (κ1) is 16.9. The van der Waals surface area contributed by atoms with E-state index in [1.54, 1.807) is 7.11 Å². The number of hydrogen-bond acceptors (Lipinski definition) is 3. The van der Waals surface area contributed by atoms with Crippen LogP contribution in [0, 0.1) is 6.92 Å². The summed E-state index contributed by atoms with van der Waals surface area (Å²) in [4.78, 5) is 12.8. The number of halogens is 1. The maximum Gasteiger partial charge on any atom is 0.167 e. The number of carbonyl (C=O) groups excluding carboxylic acids is 1. The Labute approximate surface area is 157 Å². The number of ketones is 1. The number of Topliss-reactive ketones (excluding diaryl/α,β-unsaturated/α-hetero) is 1. The smallest absolute Gasteiger partial charge is 0.167 e. The Balaban J connectivity index is 1.74. The number of ether oxygens (including phenoxy) is 1. The Hall–Kier alpha value is -2.59. The molecule has 1 aliphatic rings. The molecule has 0 radical (unpaired) electrons. The van der Waals surface area contributed by atoms with Crippen molar-refractivity contribution in [1.29, 1.82) is 0 Å². The zero-order chi connectivity index (χ0) is 18.3. The average molecular weight is 367 g/mol. The molecular formula is C21H19ClN2O2. The van der Waals surface area contributed by atoms with Gasteiger partial charge in [-0.3, -0.25) is 4.79 Å². The van der Waals surface area contributed by atoms with Crippen molar-refractivity contribution in [3.05, 3.63) is 76.1 Å². The van der Waals surface area contributed by atoms with Gasteiger partial charge in [0.15, 0.2) is 5.78 Å². The van der Waals surface area contributed by atoms with Gasteiger partial charge < -0.3 is 4.74 Å². The minimum absolute atomic E-state index is 0.142. The van der Waals surface area contributed by atoms with Crippen molar-refractivity contribution in [3.8, 4) is 11.4 Å². The second kappa shape index (κ2) is 6.61. The molecule has 0 saturated carbocycles. The molecule has 0 aliphatic heterocycles. The van der Waals surface area contributed by atoms with Gasteiger partial charge in [0.25, 0.3) is 0 Å². The minimum atomic E-state index is 0.142. The molecule has 1 aromatic heterocycles. The molecule has 0 fully saturated rings. The van der Waals surface area contributed by atoms with Crippen molar-refractivity contribution in [3.63, 3.8) is 0 Å². The lowest BCUT2D eigenvalue weighted by Gasteiger charge is -2.23. The molecule has 0 saturated heterocycles. The van der Waals surface area contributed by atoms with Crippen molar-refractivity contribution in [2.45, 2.75) is 25.7 Å². The van der Waals surface area contributed by atoms with Crippen LogP contribution in [-0.4, -0.2) is 22.7 Å². The average Bonchev–Trinajstić information content (AvgIpc) is 2.99. The third-order valence-electron chi connectivity index (χ3n) is 4.96. The van der Waals surface area contributed by atoms with Crippen molar-refractivity contribution >= 4 is 17.4 Å². The summed E-state index contributed by atoms with van der Waals surface area (Å²) in [6.45, 7) is 1.90. The molecule has 1 aliphatic carbocycles. The number of aromatic nitrogens is 2. The molecule has 4 rings (SSSR count). The standard InChI is InChI=1S/C21H19ClN2O2/c1-13-21-19(24(23-13)17-7-5-16(22)6-8-17)11-15(12-20(21)25)14-3-9-18(26-2)10-4-14/h3-10,15H,11-12H2,1-2H3/t15-/m1/s1. The zero-order valence-corrected chi connectivity index (χ0v) is 15.5. The number of rotatable bonds is 3. The molecule has 5 heteroatoms. The molecular weight excluding hydrogens is 348 g/mol. The van der Waals surface area contributed by atoms with Gasteiger partial charge in [0, 0.05) is 11.4 Å². The van der Waals surface area contributed by atoms with Gasteiger partial charge in [-0.1, -0.05) is 23.7 Å². The van der Waals surface area contributed by atoms with E-state index in [4.69, 9.17) is 16.3 Å². The first-order valence-corrected chi connectivity index (χ1v) is 8.96. The second-order valence-corrected chi connectivity index (χ2v) is 7.03. The summed E-state index contributed by atoms with van der Waals surface area (Å²) in [6, 6.07) is 15.5. The van der Waals surface area contributed by atoms with E-state index in [2.05, 4.69) is 5.10 Å². The molecule has 2 aromatic carbocycles. The van der Waals surface area contributed by atoms with Crippen LogP contribution < -0.4 is 4.74 Å². The van der Waals surface area contributed by atoms with Crippen LogP contribution in [0.15, 0.2) is 48.5 Å². The lowest BCUT2D eigenvalue weighted by Crippen LogP contribution is -2.20. The predicted octanol–water partition coefficient (Wildman–Crippen LogP) is 4.76. The highest BCUT2D eigenvalue weighted by atomic mass is 35.5. The van der Waals surface area contributed by atoms with Crippen molar-refractivity contribution in [2.75, 3.05) is 7.11 Å². The Morgan fingerprint density at radius 1 is 1.08 bits per heavy atom. The van der Waals surface area contributed by atoms with Crippen LogP contribution in [0.5, 0.6) is 5.75 Å². The summed E-state index contributed by atoms with van der Waals surface area (Å²) in [7, 11) is 1.65. The lowest BCUT2D eigenvalue weighted by atomic mass is 9.81. The van der Waals surface area contributed by atoms with Crippen LogP contribution in [0.3, 0.4) is 0 Å². The van der Waals surface area contributed by atoms with E-state index < -0.39 is 0 Å². The number of benzene rings is 2. The maximum absolute atomic E-state index is 12.8. The summed E-state index contributed by atoms with van der Waals surface area (Å²) in [6.07, 6.45) is 1.28. The van der Waals surface area contributed by atoms with Crippen LogP contribution in [0.1, 0.15) is 39.6 Å². The normalized spacial score (nSPS) is 16.4. The molecule has 1 heterocycles. The Morgan fingerprint density at radius 3 is 2.42 bits per heavy atom. The zero-order valence-electron chi connectivity index (χ0n) is 14.7. The number of fused-ring (bicyclic) bond motifs is 1. The fourth-order valence-corrected chi connectivity index (χ4v) is 3.79. The summed E-state index contributed by atoms with van der Waals surface area (Å²) in [5, 5.41) is 5.31. The van der Waals surface area contributed by atoms with E-state index in [1.807, 2.05) is 60.1 Å². The van der Waals surface area contributed by atoms with Crippen LogP contribution in [-0.2, 0) is 6.42 Å². The topological polar surface area (TPSA) is 44.1 Å². The first-order valence-electron chi connectivity index (χ1n) is 8.58. The molecule has 132 valence electrons. The van der Waals surface area contributed by atoms with Gasteiger partial charge >= 0.3 is 0 Å². The van der Waals surface area contributed by atoms with E-state index in [-0.39, 0.29) is 11.7 Å². The van der Waals surface area contributed by atoms with E-state index in [1.165, 1.54) is 0 Å². The SMILES string of the molecule is COc1ccc([C@H]2CC(=O)c3c(C)nn(-c4ccc(Cl)cc4)c3C2)cc1. The lowest BCUT2D eigenvalue weighted by molar-refractivity contribution is 0.0963. The summed E-state index contributed by atoms with van der Waals surface area (Å²) < 4.78 is 7.12. The minimum Gasteiger partial charge on any atom is -0.497 e. The first-order chi connectivity index (χ1) is 12.6. The van der Waals surface area contributed by atoms with Gasteiger partial charge in [0.1, 0.15) is 5.75 Å². The van der Waals surface area contributed by atoms with Crippen molar-refractivity contribution in [1.82, 2.24) is 9.78 Å². The van der Waals surface area contributed by atoms with Gasteiger partial charge in [-0.05, 0) is 61.2 Å². The van der Waals surface area contributed by atoms with Crippen molar-refractivity contribution < 1.29 is 9.53 Å². The van der Waals surface area contributed by atoms with Crippen LogP contribution in [0.25, 0.3) is 5.69 Å². The van der Waals surface area contributed by atoms with Gasteiger partial charge in [-0.15, -0.1) is 0 Å². The van der Waals surface area contributed by atoms with Gasteiger partial charge in [0.2, 0.25) is 0 Å². The van der Waals surface area contributed by atoms with E-state index in [0.29, 0.717) is 11.4 Å². The molecule has 0 spiro atoms. The molecule has 3 aromatic rings. The van der Waals surface area contributed by atoms with E-state index in [0.717, 1.165) is 40.4 Å². The number of hydrogen-bond donors (Lipinski definition) is 0. The maximum atomic E-state index is 12.8. The molecule has 0 amide bonds. The number of methoxy groups -OCH3 is 1. The number of carbonyl (C=O) groups is 1. The number of aryl methyl sites for hydroxylation is 1. The van der Waals surface area contributed by atoms with Gasteiger partial charge in [-0.2, -0.15) is 5.10 Å². The summed E-state index contributed by atoms with van der Waals surface area (Å²) >= 11 is 6.00. The summed E-state index contributed by atoms with van der Waals surface area (Å²) in [5.74, 6) is 1.12. The van der Waals surface area contributed by atoms with Crippen LogP contribution in [0.4, 0.5) is 0 Å². The van der Waals surface area contributed by atoms with Gasteiger partial charge in [0.05, 0.1) is 29.7 Å². The highest BCUT2D eigenvalue weighted by Crippen LogP contribution is 2.35. The highest BCUT2D eigenvalue weighted by molar-refractivity contribution is 6.30. The predicted molar refractivity (Wildman–Crippen MR) is 102 cm³/mol. The molecule has 0 bridgehead atoms. The second-order valence-electron chi connectivity index (χ2n) is 6.60. The van der Waals surface area contributed by atoms with E-state index >= 15 is 0 Å². The fraction of sp³-hybridized carbons (Fsp3) is 0.238. The quantitative estimate of drug-likeness (QED) is 0.671. The Bertz CT molecular complexity index is 959. The molecule has 0 unspecified atom stereocenters. The molecule has 1 atom stereocenters. The molecule has 26 heavy (non-hydrogen) atoms. The van der Waals surface area contributed by atoms with Crippen LogP contribution in [0.2, 0.25) is 5.02 Å². The number of nitrogens with zero attached hydrogens (tertiary/aromatic N) is 2. The van der Waals surface area contributed by atoms with E-state index in [9.17, 15) is 4.79 Å². The van der Waals surface area contributed by atoms with Crippen molar-refractivity contribution in [2.24, 2.45) is 0 Å². The van der Waals surface area contributed by atoms with Gasteiger partial charge in [-0.25, -0.2) is 4.68 Å². The fourth-order valence-electron chi connectivity index (χ4n) is 3.67. The molecule has 0 N–H and O–H groups in total. The molecule has 4 nitrogen and oxygen atoms in total. The summed E-state index contributed by atoms with van der Waals surface area (Å²) in [5.41, 5.74) is 4.59. The highest BCUT2D eigenvalue weighted by Gasteiger charge is 2.32. The third-order valence-corrected chi connectivity index (χ3v) is 5.22. The third kappa shape index (κ3) is 2.90. The Kier molecular flexibility index (Phi) is 4.29. The Morgan fingerprint density at radius 2 is 1.77 bits per heavy atom. The largest absolute Gasteiger partial charge is 0.497 e. The van der Waals surface area contributed by atoms with Crippen LogP contribution >= 0.6 is 11.6 Å².